The van der Waals surface area contributed by atoms with Crippen molar-refractivity contribution < 1.29 is 9.47 Å². The highest BCUT2D eigenvalue weighted by atomic mass is 16.5. The Morgan fingerprint density at radius 2 is 1.16 bits per heavy atom. The summed E-state index contributed by atoms with van der Waals surface area (Å²) in [5.41, 5.74) is 16.4. The molecule has 4 aromatic rings. The molecular formula is C29H25NO2. The predicted molar refractivity (Wildman–Crippen MR) is 128 cm³/mol. The van der Waals surface area contributed by atoms with Crippen LogP contribution in [0.25, 0.3) is 22.3 Å². The van der Waals surface area contributed by atoms with E-state index in [2.05, 4.69) is 78.9 Å². The molecule has 3 nitrogen and oxygen atoms in total. The van der Waals surface area contributed by atoms with E-state index < -0.39 is 0 Å². The van der Waals surface area contributed by atoms with E-state index >= 15 is 0 Å². The van der Waals surface area contributed by atoms with Crippen molar-refractivity contribution in [3.63, 3.8) is 0 Å². The highest BCUT2D eigenvalue weighted by molar-refractivity contribution is 5.79. The lowest BCUT2D eigenvalue weighted by molar-refractivity contribution is 0.133. The Balaban J connectivity index is 1.21. The van der Waals surface area contributed by atoms with Gasteiger partial charge in [0.25, 0.3) is 0 Å². The van der Waals surface area contributed by atoms with Gasteiger partial charge in [-0.15, -0.1) is 0 Å². The minimum absolute atomic E-state index is 0.218. The molecular weight excluding hydrogens is 394 g/mol. The zero-order valence-electron chi connectivity index (χ0n) is 17.9. The third kappa shape index (κ3) is 3.17. The van der Waals surface area contributed by atoms with E-state index in [-0.39, 0.29) is 6.10 Å². The Kier molecular flexibility index (Phi) is 4.70. The second-order valence-corrected chi connectivity index (χ2v) is 8.52. The van der Waals surface area contributed by atoms with E-state index in [0.29, 0.717) is 13.2 Å². The molecule has 0 fully saturated rings. The van der Waals surface area contributed by atoms with Crippen LogP contribution in [-0.4, -0.2) is 19.3 Å². The summed E-state index contributed by atoms with van der Waals surface area (Å²) < 4.78 is 12.7. The van der Waals surface area contributed by atoms with Crippen LogP contribution < -0.4 is 15.2 Å². The van der Waals surface area contributed by atoms with Crippen molar-refractivity contribution in [3.05, 3.63) is 107 Å². The van der Waals surface area contributed by atoms with Gasteiger partial charge in [-0.05, 0) is 45.5 Å². The van der Waals surface area contributed by atoms with Crippen molar-refractivity contribution in [2.45, 2.75) is 18.9 Å². The van der Waals surface area contributed by atoms with Gasteiger partial charge >= 0.3 is 0 Å². The fourth-order valence-electron chi connectivity index (χ4n) is 5.01. The summed E-state index contributed by atoms with van der Waals surface area (Å²) in [7, 11) is 0. The van der Waals surface area contributed by atoms with Gasteiger partial charge < -0.3 is 15.2 Å². The second kappa shape index (κ2) is 7.85. The van der Waals surface area contributed by atoms with Crippen LogP contribution in [0, 0.1) is 0 Å². The molecule has 2 aliphatic rings. The molecule has 0 bridgehead atoms. The molecule has 0 amide bonds. The number of nitrogens with two attached hydrogens (primary N) is 1. The van der Waals surface area contributed by atoms with Gasteiger partial charge in [-0.3, -0.25) is 0 Å². The zero-order valence-corrected chi connectivity index (χ0v) is 17.9. The van der Waals surface area contributed by atoms with Crippen LogP contribution in [-0.2, 0) is 12.8 Å². The molecule has 0 saturated carbocycles. The fraction of sp³-hybridized carbons (Fsp3) is 0.172. The van der Waals surface area contributed by atoms with Crippen LogP contribution in [0.3, 0.4) is 0 Å². The van der Waals surface area contributed by atoms with Gasteiger partial charge in [0.15, 0.2) is 0 Å². The lowest BCUT2D eigenvalue weighted by Crippen LogP contribution is -2.33. The minimum Gasteiger partial charge on any atom is -0.489 e. The van der Waals surface area contributed by atoms with E-state index in [1.807, 2.05) is 6.07 Å². The highest BCUT2D eigenvalue weighted by Gasteiger charge is 2.24. The molecule has 158 valence electrons. The number of benzene rings is 4. The summed E-state index contributed by atoms with van der Waals surface area (Å²) in [5.74, 6) is 1.83. The first-order chi connectivity index (χ1) is 15.8. The van der Waals surface area contributed by atoms with Crippen molar-refractivity contribution in [2.75, 3.05) is 13.2 Å². The molecule has 0 radical (unpaired) electrons. The molecule has 32 heavy (non-hydrogen) atoms. The average Bonchev–Trinajstić information content (AvgIpc) is 3.41. The molecule has 0 saturated heterocycles. The Morgan fingerprint density at radius 1 is 0.625 bits per heavy atom. The fourth-order valence-corrected chi connectivity index (χ4v) is 5.01. The summed E-state index contributed by atoms with van der Waals surface area (Å²) in [4.78, 5) is 0. The predicted octanol–water partition coefficient (Wildman–Crippen LogP) is 5.61. The normalized spacial score (nSPS) is 13.7. The van der Waals surface area contributed by atoms with E-state index in [9.17, 15) is 0 Å². The van der Waals surface area contributed by atoms with E-state index in [0.717, 1.165) is 24.3 Å². The van der Waals surface area contributed by atoms with Gasteiger partial charge in [0, 0.05) is 30.5 Å². The van der Waals surface area contributed by atoms with E-state index in [1.54, 1.807) is 0 Å². The molecule has 1 unspecified atom stereocenters. The standard InChI is InChI=1S/C29H25NO2/c30-17-21(32-29-14-6-12-25-23-10-4-2-8-20(23)16-27(25)29)18-31-28-13-5-11-24-22-9-3-1-7-19(22)15-26(24)28/h1-14,21H,15-18,30H2. The van der Waals surface area contributed by atoms with Gasteiger partial charge in [0.1, 0.15) is 24.2 Å². The van der Waals surface area contributed by atoms with E-state index in [4.69, 9.17) is 15.2 Å². The Labute approximate surface area is 188 Å². The Hall–Kier alpha value is -3.56. The molecule has 4 aromatic carbocycles. The van der Waals surface area contributed by atoms with Crippen molar-refractivity contribution in [1.29, 1.82) is 0 Å². The van der Waals surface area contributed by atoms with E-state index in [1.165, 1.54) is 44.5 Å². The number of rotatable bonds is 6. The van der Waals surface area contributed by atoms with Crippen molar-refractivity contribution in [3.8, 4) is 33.8 Å². The van der Waals surface area contributed by atoms with Gasteiger partial charge in [0.2, 0.25) is 0 Å². The lowest BCUT2D eigenvalue weighted by Gasteiger charge is -2.21. The van der Waals surface area contributed by atoms with Crippen LogP contribution in [0.2, 0.25) is 0 Å². The quantitative estimate of drug-likeness (QED) is 0.381. The third-order valence-corrected chi connectivity index (χ3v) is 6.60. The minimum atomic E-state index is -0.218. The SMILES string of the molecule is NCC(COc1cccc2c1Cc1ccccc1-2)Oc1cccc2c1Cc1ccccc1-2. The van der Waals surface area contributed by atoms with Crippen LogP contribution >= 0.6 is 0 Å². The summed E-state index contributed by atoms with van der Waals surface area (Å²) in [6, 6.07) is 29.7. The van der Waals surface area contributed by atoms with Gasteiger partial charge in [-0.2, -0.15) is 0 Å². The largest absolute Gasteiger partial charge is 0.489 e. The lowest BCUT2D eigenvalue weighted by atomic mass is 10.1. The van der Waals surface area contributed by atoms with Crippen molar-refractivity contribution >= 4 is 0 Å². The summed E-state index contributed by atoms with van der Waals surface area (Å²) in [6.07, 6.45) is 1.58. The first-order valence-corrected chi connectivity index (χ1v) is 11.2. The van der Waals surface area contributed by atoms with Crippen LogP contribution in [0.5, 0.6) is 11.5 Å². The summed E-state index contributed by atoms with van der Waals surface area (Å²) in [5, 5.41) is 0. The molecule has 3 heteroatoms. The molecule has 0 spiro atoms. The summed E-state index contributed by atoms with van der Waals surface area (Å²) in [6.45, 7) is 0.811. The smallest absolute Gasteiger partial charge is 0.145 e. The zero-order chi connectivity index (χ0) is 21.5. The van der Waals surface area contributed by atoms with Crippen LogP contribution in [0.15, 0.2) is 84.9 Å². The van der Waals surface area contributed by atoms with Crippen LogP contribution in [0.1, 0.15) is 22.3 Å². The maximum absolute atomic E-state index is 6.39. The Bertz CT molecular complexity index is 1310. The van der Waals surface area contributed by atoms with Gasteiger partial charge in [-0.25, -0.2) is 0 Å². The van der Waals surface area contributed by atoms with Gasteiger partial charge in [-0.1, -0.05) is 72.8 Å². The highest BCUT2D eigenvalue weighted by Crippen LogP contribution is 2.42. The van der Waals surface area contributed by atoms with Crippen molar-refractivity contribution in [1.82, 2.24) is 0 Å². The topological polar surface area (TPSA) is 44.5 Å². The Morgan fingerprint density at radius 3 is 1.78 bits per heavy atom. The summed E-state index contributed by atoms with van der Waals surface area (Å²) >= 11 is 0. The molecule has 0 heterocycles. The molecule has 2 N–H and O–H groups in total. The maximum atomic E-state index is 6.39. The number of ether oxygens (including phenoxy) is 2. The number of fused-ring (bicyclic) bond motifs is 6. The molecule has 6 rings (SSSR count). The number of hydrogen-bond acceptors (Lipinski definition) is 3. The molecule has 1 atom stereocenters. The van der Waals surface area contributed by atoms with Gasteiger partial charge in [0.05, 0.1) is 0 Å². The maximum Gasteiger partial charge on any atom is 0.145 e. The first-order valence-electron chi connectivity index (χ1n) is 11.2. The van der Waals surface area contributed by atoms with Crippen LogP contribution in [0.4, 0.5) is 0 Å². The molecule has 0 aromatic heterocycles. The first kappa shape index (κ1) is 19.1. The average molecular weight is 420 g/mol. The second-order valence-electron chi connectivity index (χ2n) is 8.52. The third-order valence-electron chi connectivity index (χ3n) is 6.60. The monoisotopic (exact) mass is 419 g/mol. The number of hydrogen-bond donors (Lipinski definition) is 1. The van der Waals surface area contributed by atoms with Crippen molar-refractivity contribution in [2.24, 2.45) is 5.73 Å². The molecule has 2 aliphatic carbocycles. The molecule has 0 aliphatic heterocycles.